The molecule has 0 aromatic carbocycles. The van der Waals surface area contributed by atoms with Crippen molar-refractivity contribution in [2.75, 3.05) is 12.4 Å². The molecule has 1 atom stereocenters. The fourth-order valence-electron chi connectivity index (χ4n) is 0.963. The third kappa shape index (κ3) is 1.72. The van der Waals surface area contributed by atoms with Crippen molar-refractivity contribution in [3.8, 4) is 0 Å². The first kappa shape index (κ1) is 9.38. The number of halogens is 1. The van der Waals surface area contributed by atoms with E-state index in [0.29, 0.717) is 6.42 Å². The number of amides is 3. The number of alkyl halides is 1. The summed E-state index contributed by atoms with van der Waals surface area (Å²) < 4.78 is 0. The lowest BCUT2D eigenvalue weighted by molar-refractivity contribution is -0.129. The fraction of sp³-hybridized carbons (Fsp3) is 0.571. The molecule has 3 amide bonds. The van der Waals surface area contributed by atoms with Gasteiger partial charge in [-0.3, -0.25) is 9.69 Å². The standard InChI is InChI=1S/C7H9BrN2O2/c1-10-6(11)5(2-3-8)4-9-7(10)12/h4-5H,2-3H2,1H3. The van der Waals surface area contributed by atoms with Crippen molar-refractivity contribution in [3.63, 3.8) is 0 Å². The summed E-state index contributed by atoms with van der Waals surface area (Å²) in [5, 5.41) is 0.734. The number of aliphatic imine (C=N–C) groups is 1. The lowest BCUT2D eigenvalue weighted by atomic mass is 10.1. The van der Waals surface area contributed by atoms with E-state index in [-0.39, 0.29) is 11.8 Å². The van der Waals surface area contributed by atoms with Crippen LogP contribution in [0.4, 0.5) is 4.79 Å². The highest BCUT2D eigenvalue weighted by Crippen LogP contribution is 2.11. The molecule has 0 saturated heterocycles. The minimum Gasteiger partial charge on any atom is -0.274 e. The number of nitrogens with zero attached hydrogens (tertiary/aromatic N) is 2. The predicted octanol–water partition coefficient (Wildman–Crippen LogP) is 1.05. The molecule has 66 valence electrons. The second-order valence-electron chi connectivity index (χ2n) is 2.54. The predicted molar refractivity (Wildman–Crippen MR) is 48.6 cm³/mol. The van der Waals surface area contributed by atoms with Crippen LogP contribution in [0.15, 0.2) is 4.99 Å². The van der Waals surface area contributed by atoms with Crippen molar-refractivity contribution in [2.24, 2.45) is 10.9 Å². The third-order valence-electron chi connectivity index (χ3n) is 1.72. The van der Waals surface area contributed by atoms with Gasteiger partial charge in [0.05, 0.1) is 5.92 Å². The Hall–Kier alpha value is -0.710. The number of carbonyl (C=O) groups is 2. The van der Waals surface area contributed by atoms with Gasteiger partial charge in [-0.05, 0) is 6.42 Å². The highest BCUT2D eigenvalue weighted by atomic mass is 79.9. The number of carbonyl (C=O) groups excluding carboxylic acids is 2. The van der Waals surface area contributed by atoms with Gasteiger partial charge in [-0.1, -0.05) is 15.9 Å². The van der Waals surface area contributed by atoms with Crippen molar-refractivity contribution in [3.05, 3.63) is 0 Å². The largest absolute Gasteiger partial charge is 0.349 e. The maximum absolute atomic E-state index is 11.3. The van der Waals surface area contributed by atoms with Crippen LogP contribution in [0.25, 0.3) is 0 Å². The number of hydrogen-bond donors (Lipinski definition) is 0. The van der Waals surface area contributed by atoms with E-state index in [1.807, 2.05) is 0 Å². The Morgan fingerprint density at radius 2 is 2.33 bits per heavy atom. The Kier molecular flexibility index (Phi) is 2.97. The van der Waals surface area contributed by atoms with E-state index in [9.17, 15) is 9.59 Å². The second kappa shape index (κ2) is 3.80. The van der Waals surface area contributed by atoms with Gasteiger partial charge in [-0.25, -0.2) is 9.79 Å². The minimum absolute atomic E-state index is 0.172. The van der Waals surface area contributed by atoms with Gasteiger partial charge in [0.1, 0.15) is 0 Å². The molecule has 4 nitrogen and oxygen atoms in total. The van der Waals surface area contributed by atoms with Crippen LogP contribution in [0.5, 0.6) is 0 Å². The molecule has 1 unspecified atom stereocenters. The summed E-state index contributed by atoms with van der Waals surface area (Å²) in [6.45, 7) is 0. The number of rotatable bonds is 2. The quantitative estimate of drug-likeness (QED) is 0.669. The van der Waals surface area contributed by atoms with E-state index >= 15 is 0 Å². The van der Waals surface area contributed by atoms with Crippen LogP contribution in [0.3, 0.4) is 0 Å². The van der Waals surface area contributed by atoms with Crippen LogP contribution in [-0.2, 0) is 4.79 Å². The molecule has 1 heterocycles. The molecule has 0 radical (unpaired) electrons. The van der Waals surface area contributed by atoms with Gasteiger partial charge in [-0.15, -0.1) is 0 Å². The zero-order chi connectivity index (χ0) is 9.14. The topological polar surface area (TPSA) is 49.7 Å². The second-order valence-corrected chi connectivity index (χ2v) is 3.34. The number of urea groups is 1. The molecule has 0 fully saturated rings. The van der Waals surface area contributed by atoms with Gasteiger partial charge >= 0.3 is 6.03 Å². The molecule has 1 aliphatic rings. The SMILES string of the molecule is CN1C(=O)N=CC(CCBr)C1=O. The van der Waals surface area contributed by atoms with Gasteiger partial charge in [0.25, 0.3) is 0 Å². The molecule has 0 saturated carbocycles. The van der Waals surface area contributed by atoms with Gasteiger partial charge in [0.2, 0.25) is 5.91 Å². The number of imide groups is 1. The lowest BCUT2D eigenvalue weighted by Crippen LogP contribution is -2.40. The maximum Gasteiger partial charge on any atom is 0.349 e. The van der Waals surface area contributed by atoms with E-state index in [4.69, 9.17) is 0 Å². The van der Waals surface area contributed by atoms with Crippen LogP contribution >= 0.6 is 15.9 Å². The Bertz CT molecular complexity index is 240. The van der Waals surface area contributed by atoms with Crippen LogP contribution in [-0.4, -0.2) is 35.4 Å². The average molecular weight is 233 g/mol. The summed E-state index contributed by atoms with van der Waals surface area (Å²) in [4.78, 5) is 26.8. The van der Waals surface area contributed by atoms with Crippen LogP contribution in [0.1, 0.15) is 6.42 Å². The van der Waals surface area contributed by atoms with Gasteiger partial charge < -0.3 is 0 Å². The molecule has 12 heavy (non-hydrogen) atoms. The van der Waals surface area contributed by atoms with E-state index < -0.39 is 6.03 Å². The van der Waals surface area contributed by atoms with Gasteiger partial charge in [-0.2, -0.15) is 0 Å². The normalized spacial score (nSPS) is 23.5. The van der Waals surface area contributed by atoms with Crippen LogP contribution in [0.2, 0.25) is 0 Å². The summed E-state index contributed by atoms with van der Waals surface area (Å²) in [5.74, 6) is -0.415. The van der Waals surface area contributed by atoms with E-state index in [0.717, 1.165) is 10.2 Å². The van der Waals surface area contributed by atoms with Crippen molar-refractivity contribution in [1.29, 1.82) is 0 Å². The summed E-state index contributed by atoms with van der Waals surface area (Å²) in [7, 11) is 1.45. The molecule has 0 aromatic heterocycles. The molecule has 5 heteroatoms. The van der Waals surface area contributed by atoms with Crippen molar-refractivity contribution < 1.29 is 9.59 Å². The van der Waals surface area contributed by atoms with E-state index in [1.165, 1.54) is 13.3 Å². The zero-order valence-corrected chi connectivity index (χ0v) is 8.24. The Morgan fingerprint density at radius 3 is 2.92 bits per heavy atom. The monoisotopic (exact) mass is 232 g/mol. The van der Waals surface area contributed by atoms with Crippen molar-refractivity contribution >= 4 is 34.1 Å². The molecule has 0 bridgehead atoms. The summed E-state index contributed by atoms with van der Waals surface area (Å²) in [6.07, 6.45) is 2.10. The molecule has 0 N–H and O–H groups in total. The smallest absolute Gasteiger partial charge is 0.274 e. The molecular formula is C7H9BrN2O2. The van der Waals surface area contributed by atoms with E-state index in [1.54, 1.807) is 0 Å². The maximum atomic E-state index is 11.3. The minimum atomic E-state index is -0.481. The summed E-state index contributed by atoms with van der Waals surface area (Å²) >= 11 is 3.23. The third-order valence-corrected chi connectivity index (χ3v) is 2.18. The van der Waals surface area contributed by atoms with Crippen LogP contribution in [0, 0.1) is 5.92 Å². The Morgan fingerprint density at radius 1 is 1.67 bits per heavy atom. The average Bonchev–Trinajstić information content (AvgIpc) is 2.07. The number of hydrogen-bond acceptors (Lipinski definition) is 2. The fourth-order valence-corrected chi connectivity index (χ4v) is 1.46. The molecule has 0 aromatic rings. The Labute approximate surface area is 78.8 Å². The van der Waals surface area contributed by atoms with Gasteiger partial charge in [0, 0.05) is 18.6 Å². The summed E-state index contributed by atoms with van der Waals surface area (Å²) in [6, 6.07) is -0.481. The van der Waals surface area contributed by atoms with Crippen LogP contribution < -0.4 is 0 Å². The first-order valence-electron chi connectivity index (χ1n) is 3.58. The van der Waals surface area contributed by atoms with E-state index in [2.05, 4.69) is 20.9 Å². The zero-order valence-electron chi connectivity index (χ0n) is 6.66. The molecule has 0 spiro atoms. The highest BCUT2D eigenvalue weighted by molar-refractivity contribution is 9.09. The highest BCUT2D eigenvalue weighted by Gasteiger charge is 2.27. The Balaban J connectivity index is 2.74. The molecule has 1 aliphatic heterocycles. The lowest BCUT2D eigenvalue weighted by Gasteiger charge is -2.21. The molecule has 1 rings (SSSR count). The first-order chi connectivity index (χ1) is 5.66. The first-order valence-corrected chi connectivity index (χ1v) is 4.70. The molecular weight excluding hydrogens is 224 g/mol. The summed E-state index contributed by atoms with van der Waals surface area (Å²) in [5.41, 5.74) is 0. The van der Waals surface area contributed by atoms with Crippen molar-refractivity contribution in [1.82, 2.24) is 4.90 Å². The molecule has 0 aliphatic carbocycles. The van der Waals surface area contributed by atoms with Gasteiger partial charge in [0.15, 0.2) is 0 Å². The van der Waals surface area contributed by atoms with Crippen molar-refractivity contribution in [2.45, 2.75) is 6.42 Å².